The molecule has 0 amide bonds. The molecule has 0 saturated heterocycles. The van der Waals surface area contributed by atoms with Gasteiger partial charge >= 0.3 is 5.92 Å². The predicted octanol–water partition coefficient (Wildman–Crippen LogP) is 5.28. The average Bonchev–Trinajstić information content (AvgIpc) is 2.76. The Kier molecular flexibility index (Phi) is 8.01. The second kappa shape index (κ2) is 10.1. The molecule has 32 heavy (non-hydrogen) atoms. The standard InChI is InChI=1S/C23H24F4N2O2S/c1-5-15(2)28-29-22(23(26,27)14-24)21(18-6-10-19(25)11-7-18)16(3)17-8-12-20(13-9-17)32(4,30)31/h5-13,15,28H,1,14H2,2-4H3/b21-16+,29-22+. The summed E-state index contributed by atoms with van der Waals surface area (Å²) >= 11 is 0. The van der Waals surface area contributed by atoms with Crippen molar-refractivity contribution in [2.75, 3.05) is 12.9 Å². The van der Waals surface area contributed by atoms with Gasteiger partial charge in [0.15, 0.2) is 16.5 Å². The quantitative estimate of drug-likeness (QED) is 0.179. The summed E-state index contributed by atoms with van der Waals surface area (Å²) in [5.74, 6) is -4.52. The number of alkyl halides is 3. The van der Waals surface area contributed by atoms with Crippen molar-refractivity contribution in [2.45, 2.75) is 30.7 Å². The van der Waals surface area contributed by atoms with E-state index in [1.807, 2.05) is 0 Å². The predicted molar refractivity (Wildman–Crippen MR) is 120 cm³/mol. The molecule has 2 aromatic carbocycles. The molecule has 0 aliphatic carbocycles. The largest absolute Gasteiger partial charge is 0.319 e. The molecule has 172 valence electrons. The Morgan fingerprint density at radius 1 is 1.12 bits per heavy atom. The minimum Gasteiger partial charge on any atom is -0.303 e. The maximum Gasteiger partial charge on any atom is 0.319 e. The van der Waals surface area contributed by atoms with E-state index in [2.05, 4.69) is 17.1 Å². The van der Waals surface area contributed by atoms with Crippen LogP contribution >= 0.6 is 0 Å². The van der Waals surface area contributed by atoms with Gasteiger partial charge in [-0.15, -0.1) is 6.58 Å². The molecule has 4 nitrogen and oxygen atoms in total. The highest BCUT2D eigenvalue weighted by molar-refractivity contribution is 7.90. The molecule has 0 aliphatic rings. The highest BCUT2D eigenvalue weighted by Gasteiger charge is 2.40. The van der Waals surface area contributed by atoms with Gasteiger partial charge in [-0.2, -0.15) is 13.9 Å². The van der Waals surface area contributed by atoms with Crippen molar-refractivity contribution in [3.63, 3.8) is 0 Å². The van der Waals surface area contributed by atoms with E-state index in [0.717, 1.165) is 18.4 Å². The Morgan fingerprint density at radius 3 is 2.12 bits per heavy atom. The number of allylic oxidation sites excluding steroid dienone is 2. The lowest BCUT2D eigenvalue weighted by molar-refractivity contribution is 0.0496. The van der Waals surface area contributed by atoms with Crippen LogP contribution in [0, 0.1) is 5.82 Å². The molecule has 0 radical (unpaired) electrons. The van der Waals surface area contributed by atoms with Crippen LogP contribution in [0.3, 0.4) is 0 Å². The second-order valence-corrected chi connectivity index (χ2v) is 9.27. The van der Waals surface area contributed by atoms with Crippen LogP contribution in [0.4, 0.5) is 17.6 Å². The monoisotopic (exact) mass is 468 g/mol. The topological polar surface area (TPSA) is 58.5 Å². The summed E-state index contributed by atoms with van der Waals surface area (Å²) in [5, 5.41) is 3.80. The molecule has 2 aromatic rings. The van der Waals surface area contributed by atoms with E-state index in [-0.39, 0.29) is 21.6 Å². The normalized spacial score (nSPS) is 14.5. The van der Waals surface area contributed by atoms with Crippen LogP contribution in [-0.4, -0.2) is 39.0 Å². The SMILES string of the molecule is C=CC(C)N/N=C(\C(=C(/C)c1ccc(S(C)(=O)=O)cc1)c1ccc(F)cc1)C(F)(F)CF. The molecule has 0 heterocycles. The minimum atomic E-state index is -3.95. The summed E-state index contributed by atoms with van der Waals surface area (Å²) in [6.45, 7) is 4.70. The first-order valence-corrected chi connectivity index (χ1v) is 11.5. The van der Waals surface area contributed by atoms with Crippen molar-refractivity contribution in [2.24, 2.45) is 5.10 Å². The van der Waals surface area contributed by atoms with Gasteiger partial charge in [-0.05, 0) is 54.8 Å². The Labute approximate surface area is 185 Å². The molecule has 0 fully saturated rings. The van der Waals surface area contributed by atoms with Gasteiger partial charge in [0.05, 0.1) is 10.9 Å². The Hall–Kier alpha value is -2.94. The van der Waals surface area contributed by atoms with Crippen LogP contribution in [0.25, 0.3) is 11.1 Å². The molecule has 0 aliphatic heterocycles. The Balaban J connectivity index is 2.80. The van der Waals surface area contributed by atoms with Crippen molar-refractivity contribution < 1.29 is 26.0 Å². The number of nitrogens with zero attached hydrogens (tertiary/aromatic N) is 1. The zero-order valence-corrected chi connectivity index (χ0v) is 18.7. The van der Waals surface area contributed by atoms with Gasteiger partial charge in [-0.25, -0.2) is 17.2 Å². The van der Waals surface area contributed by atoms with E-state index in [1.165, 1.54) is 49.4 Å². The maximum atomic E-state index is 14.7. The molecule has 1 N–H and O–H groups in total. The van der Waals surface area contributed by atoms with Crippen molar-refractivity contribution in [3.8, 4) is 0 Å². The number of rotatable bonds is 9. The van der Waals surface area contributed by atoms with Gasteiger partial charge in [0, 0.05) is 11.8 Å². The Bertz CT molecular complexity index is 1120. The molecule has 1 unspecified atom stereocenters. The van der Waals surface area contributed by atoms with Crippen molar-refractivity contribution >= 4 is 26.7 Å². The van der Waals surface area contributed by atoms with E-state index in [1.54, 1.807) is 6.92 Å². The molecule has 0 saturated carbocycles. The van der Waals surface area contributed by atoms with Crippen LogP contribution in [0.15, 0.2) is 71.2 Å². The fraction of sp³-hybridized carbons (Fsp3) is 0.261. The molecule has 1 atom stereocenters. The molecule has 2 rings (SSSR count). The molecule has 0 aromatic heterocycles. The average molecular weight is 469 g/mol. The summed E-state index contributed by atoms with van der Waals surface area (Å²) in [7, 11) is -3.46. The van der Waals surface area contributed by atoms with Gasteiger partial charge in [-0.3, -0.25) is 0 Å². The third kappa shape index (κ3) is 6.06. The Morgan fingerprint density at radius 2 is 1.66 bits per heavy atom. The summed E-state index contributed by atoms with van der Waals surface area (Å²) in [6.07, 6.45) is 2.49. The number of benzene rings is 2. The van der Waals surface area contributed by atoms with Crippen LogP contribution in [0.1, 0.15) is 25.0 Å². The maximum absolute atomic E-state index is 14.7. The van der Waals surface area contributed by atoms with Crippen molar-refractivity contribution in [1.29, 1.82) is 0 Å². The lowest BCUT2D eigenvalue weighted by Crippen LogP contribution is -2.35. The summed E-state index contributed by atoms with van der Waals surface area (Å²) in [4.78, 5) is 0.0573. The van der Waals surface area contributed by atoms with Gasteiger partial charge in [0.25, 0.3) is 0 Å². The van der Waals surface area contributed by atoms with E-state index < -0.39 is 40.0 Å². The number of hydrogen-bond donors (Lipinski definition) is 1. The number of sulfone groups is 1. The first-order valence-electron chi connectivity index (χ1n) is 9.58. The lowest BCUT2D eigenvalue weighted by atomic mass is 9.90. The lowest BCUT2D eigenvalue weighted by Gasteiger charge is -2.22. The van der Waals surface area contributed by atoms with Crippen LogP contribution in [0.2, 0.25) is 0 Å². The summed E-state index contributed by atoms with van der Waals surface area (Å²) in [5.41, 5.74) is 2.41. The molecular formula is C23H24F4N2O2S. The van der Waals surface area contributed by atoms with Crippen molar-refractivity contribution in [3.05, 3.63) is 78.1 Å². The van der Waals surface area contributed by atoms with E-state index in [9.17, 15) is 26.0 Å². The molecule has 0 spiro atoms. The first-order chi connectivity index (χ1) is 14.9. The first kappa shape index (κ1) is 25.3. The van der Waals surface area contributed by atoms with E-state index in [0.29, 0.717) is 5.56 Å². The van der Waals surface area contributed by atoms with Crippen LogP contribution in [0.5, 0.6) is 0 Å². The number of nitrogens with one attached hydrogen (secondary N) is 1. The van der Waals surface area contributed by atoms with Gasteiger partial charge in [0.2, 0.25) is 0 Å². The minimum absolute atomic E-state index is 0.0573. The van der Waals surface area contributed by atoms with Gasteiger partial charge < -0.3 is 5.43 Å². The van der Waals surface area contributed by atoms with Crippen LogP contribution in [-0.2, 0) is 9.84 Å². The second-order valence-electron chi connectivity index (χ2n) is 7.26. The number of halogens is 4. The fourth-order valence-electron chi connectivity index (χ4n) is 2.85. The zero-order chi connectivity index (χ0) is 24.1. The van der Waals surface area contributed by atoms with E-state index in [4.69, 9.17) is 0 Å². The summed E-state index contributed by atoms with van der Waals surface area (Å²) < 4.78 is 79.8. The number of hydrazone groups is 1. The zero-order valence-electron chi connectivity index (χ0n) is 17.9. The third-order valence-electron chi connectivity index (χ3n) is 4.71. The van der Waals surface area contributed by atoms with Gasteiger partial charge in [0.1, 0.15) is 11.5 Å². The highest BCUT2D eigenvalue weighted by Crippen LogP contribution is 2.34. The summed E-state index contributed by atoms with van der Waals surface area (Å²) in [6, 6.07) is 9.90. The highest BCUT2D eigenvalue weighted by atomic mass is 32.2. The fourth-order valence-corrected chi connectivity index (χ4v) is 3.48. The van der Waals surface area contributed by atoms with E-state index >= 15 is 0 Å². The third-order valence-corrected chi connectivity index (χ3v) is 5.84. The van der Waals surface area contributed by atoms with Gasteiger partial charge in [-0.1, -0.05) is 30.3 Å². The number of hydrogen-bond acceptors (Lipinski definition) is 4. The molecule has 0 bridgehead atoms. The molecular weight excluding hydrogens is 444 g/mol. The van der Waals surface area contributed by atoms with Crippen molar-refractivity contribution in [1.82, 2.24) is 5.43 Å². The smallest absolute Gasteiger partial charge is 0.303 e. The van der Waals surface area contributed by atoms with Crippen LogP contribution < -0.4 is 5.43 Å². The molecule has 9 heteroatoms.